The van der Waals surface area contributed by atoms with E-state index in [4.69, 9.17) is 0 Å². The van der Waals surface area contributed by atoms with Gasteiger partial charge in [0, 0.05) is 44.4 Å². The summed E-state index contributed by atoms with van der Waals surface area (Å²) in [5.74, 6) is 1.06. The fourth-order valence-electron chi connectivity index (χ4n) is 2.56. The van der Waals surface area contributed by atoms with Crippen molar-refractivity contribution in [2.24, 2.45) is 0 Å². The van der Waals surface area contributed by atoms with Gasteiger partial charge in [-0.05, 0) is 19.4 Å². The molecule has 2 rings (SSSR count). The van der Waals surface area contributed by atoms with Gasteiger partial charge in [0.2, 0.25) is 5.91 Å². The molecule has 110 valence electrons. The van der Waals surface area contributed by atoms with Gasteiger partial charge in [-0.1, -0.05) is 13.0 Å². The number of aliphatic hydroxyl groups excluding tert-OH is 1. The second-order valence-corrected chi connectivity index (χ2v) is 5.26. The first-order chi connectivity index (χ1) is 9.52. The molecule has 0 aromatic carbocycles. The van der Waals surface area contributed by atoms with Gasteiger partial charge in [-0.15, -0.1) is 0 Å². The summed E-state index contributed by atoms with van der Waals surface area (Å²) < 4.78 is 0. The second-order valence-electron chi connectivity index (χ2n) is 5.26. The molecular weight excluding hydrogens is 254 g/mol. The van der Waals surface area contributed by atoms with Crippen LogP contribution in [0.1, 0.15) is 37.6 Å². The molecule has 2 heterocycles. The Hall–Kier alpha value is -1.62. The van der Waals surface area contributed by atoms with Gasteiger partial charge >= 0.3 is 0 Å². The second kappa shape index (κ2) is 6.22. The van der Waals surface area contributed by atoms with Crippen molar-refractivity contribution in [3.05, 3.63) is 23.4 Å². The lowest BCUT2D eigenvalue weighted by Gasteiger charge is -2.35. The standard InChI is InChI=1S/C15H23N3O2/c1-4-14(20)13-5-6-15(16-11(13)2)18-9-7-17(8-10-18)12(3)19/h5-6,14,20H,4,7-10H2,1-3H3. The highest BCUT2D eigenvalue weighted by Crippen LogP contribution is 2.22. The van der Waals surface area contributed by atoms with Crippen LogP contribution in [-0.2, 0) is 4.79 Å². The van der Waals surface area contributed by atoms with E-state index in [9.17, 15) is 9.90 Å². The van der Waals surface area contributed by atoms with Gasteiger partial charge in [-0.3, -0.25) is 4.79 Å². The van der Waals surface area contributed by atoms with Crippen molar-refractivity contribution in [1.82, 2.24) is 9.88 Å². The van der Waals surface area contributed by atoms with Crippen LogP contribution in [0.15, 0.2) is 12.1 Å². The van der Waals surface area contributed by atoms with Gasteiger partial charge < -0.3 is 14.9 Å². The Kier molecular flexibility index (Phi) is 4.60. The van der Waals surface area contributed by atoms with Gasteiger partial charge in [0.25, 0.3) is 0 Å². The Labute approximate surface area is 120 Å². The average molecular weight is 277 g/mol. The topological polar surface area (TPSA) is 56.7 Å². The summed E-state index contributed by atoms with van der Waals surface area (Å²) in [6, 6.07) is 3.92. The lowest BCUT2D eigenvalue weighted by atomic mass is 10.1. The van der Waals surface area contributed by atoms with E-state index >= 15 is 0 Å². The minimum atomic E-state index is -0.439. The Morgan fingerprint density at radius 3 is 2.50 bits per heavy atom. The van der Waals surface area contributed by atoms with E-state index in [2.05, 4.69) is 9.88 Å². The van der Waals surface area contributed by atoms with E-state index in [1.165, 1.54) is 0 Å². The molecule has 1 saturated heterocycles. The molecule has 0 aliphatic carbocycles. The molecule has 0 spiro atoms. The maximum atomic E-state index is 11.3. The largest absolute Gasteiger partial charge is 0.388 e. The first-order valence-corrected chi connectivity index (χ1v) is 7.19. The Balaban J connectivity index is 2.07. The molecule has 0 radical (unpaired) electrons. The van der Waals surface area contributed by atoms with E-state index in [0.29, 0.717) is 6.42 Å². The number of hydrogen-bond donors (Lipinski definition) is 1. The van der Waals surface area contributed by atoms with Crippen LogP contribution in [0.2, 0.25) is 0 Å². The van der Waals surface area contributed by atoms with E-state index in [0.717, 1.165) is 43.3 Å². The van der Waals surface area contributed by atoms with Crippen LogP contribution in [0.25, 0.3) is 0 Å². The summed E-state index contributed by atoms with van der Waals surface area (Å²) >= 11 is 0. The molecule has 1 N–H and O–H groups in total. The normalized spacial score (nSPS) is 17.2. The quantitative estimate of drug-likeness (QED) is 0.909. The van der Waals surface area contributed by atoms with E-state index in [1.807, 2.05) is 30.9 Å². The molecule has 1 aromatic rings. The number of pyridine rings is 1. The monoisotopic (exact) mass is 277 g/mol. The molecule has 20 heavy (non-hydrogen) atoms. The third-order valence-corrected chi connectivity index (χ3v) is 3.91. The van der Waals surface area contributed by atoms with Crippen LogP contribution >= 0.6 is 0 Å². The van der Waals surface area contributed by atoms with E-state index in [1.54, 1.807) is 6.92 Å². The minimum absolute atomic E-state index is 0.134. The van der Waals surface area contributed by atoms with Gasteiger partial charge in [-0.2, -0.15) is 0 Å². The zero-order valence-corrected chi connectivity index (χ0v) is 12.5. The number of hydrogen-bond acceptors (Lipinski definition) is 4. The molecule has 0 bridgehead atoms. The molecule has 0 saturated carbocycles. The maximum Gasteiger partial charge on any atom is 0.219 e. The van der Waals surface area contributed by atoms with Crippen LogP contribution in [0.5, 0.6) is 0 Å². The zero-order valence-electron chi connectivity index (χ0n) is 12.5. The van der Waals surface area contributed by atoms with Crippen molar-refractivity contribution < 1.29 is 9.90 Å². The van der Waals surface area contributed by atoms with Crippen LogP contribution in [-0.4, -0.2) is 47.1 Å². The fraction of sp³-hybridized carbons (Fsp3) is 0.600. The van der Waals surface area contributed by atoms with E-state index < -0.39 is 6.10 Å². The van der Waals surface area contributed by atoms with Crippen LogP contribution in [0, 0.1) is 6.92 Å². The van der Waals surface area contributed by atoms with Crippen molar-refractivity contribution in [3.8, 4) is 0 Å². The molecule has 5 nitrogen and oxygen atoms in total. The average Bonchev–Trinajstić information content (AvgIpc) is 2.46. The number of carbonyl (C=O) groups excluding carboxylic acids is 1. The third kappa shape index (κ3) is 3.10. The third-order valence-electron chi connectivity index (χ3n) is 3.91. The number of rotatable bonds is 3. The maximum absolute atomic E-state index is 11.3. The summed E-state index contributed by atoms with van der Waals surface area (Å²) in [6.07, 6.45) is 0.255. The Bertz CT molecular complexity index is 482. The van der Waals surface area contributed by atoms with Gasteiger partial charge in [0.15, 0.2) is 0 Å². The number of piperazine rings is 1. The first kappa shape index (κ1) is 14.8. The molecule has 1 atom stereocenters. The summed E-state index contributed by atoms with van der Waals surface area (Å²) in [6.45, 7) is 8.61. The Morgan fingerprint density at radius 1 is 1.35 bits per heavy atom. The van der Waals surface area contributed by atoms with Crippen molar-refractivity contribution in [3.63, 3.8) is 0 Å². The SMILES string of the molecule is CCC(O)c1ccc(N2CCN(C(C)=O)CC2)nc1C. The molecule has 1 aromatic heterocycles. The highest BCUT2D eigenvalue weighted by atomic mass is 16.3. The molecule has 1 unspecified atom stereocenters. The van der Waals surface area contributed by atoms with Gasteiger partial charge in [-0.25, -0.2) is 4.98 Å². The van der Waals surface area contributed by atoms with Crippen LogP contribution in [0.3, 0.4) is 0 Å². The molecule has 1 aliphatic heterocycles. The summed E-state index contributed by atoms with van der Waals surface area (Å²) in [4.78, 5) is 20.0. The molecule has 1 amide bonds. The number of nitrogens with zero attached hydrogens (tertiary/aromatic N) is 3. The number of anilines is 1. The highest BCUT2D eigenvalue weighted by Gasteiger charge is 2.20. The molecule has 1 fully saturated rings. The van der Waals surface area contributed by atoms with Gasteiger partial charge in [0.05, 0.1) is 6.10 Å². The van der Waals surface area contributed by atoms with Crippen molar-refractivity contribution in [1.29, 1.82) is 0 Å². The predicted molar refractivity (Wildman–Crippen MR) is 78.7 cm³/mol. The summed E-state index contributed by atoms with van der Waals surface area (Å²) in [7, 11) is 0. The lowest BCUT2D eigenvalue weighted by molar-refractivity contribution is -0.129. The smallest absolute Gasteiger partial charge is 0.219 e. The highest BCUT2D eigenvalue weighted by molar-refractivity contribution is 5.73. The predicted octanol–water partition coefficient (Wildman–Crippen LogP) is 1.50. The number of aromatic nitrogens is 1. The Morgan fingerprint density at radius 2 is 2.00 bits per heavy atom. The van der Waals surface area contributed by atoms with E-state index in [-0.39, 0.29) is 5.91 Å². The van der Waals surface area contributed by atoms with Crippen molar-refractivity contribution in [2.75, 3.05) is 31.1 Å². The summed E-state index contributed by atoms with van der Waals surface area (Å²) in [5.41, 5.74) is 1.78. The number of aliphatic hydroxyl groups is 1. The minimum Gasteiger partial charge on any atom is -0.388 e. The molecule has 1 aliphatic rings. The van der Waals surface area contributed by atoms with Crippen molar-refractivity contribution in [2.45, 2.75) is 33.3 Å². The number of aryl methyl sites for hydroxylation is 1. The van der Waals surface area contributed by atoms with Crippen molar-refractivity contribution >= 4 is 11.7 Å². The van der Waals surface area contributed by atoms with Crippen LogP contribution < -0.4 is 4.90 Å². The molecular formula is C15H23N3O2. The number of amides is 1. The summed E-state index contributed by atoms with van der Waals surface area (Å²) in [5, 5.41) is 9.91. The lowest BCUT2D eigenvalue weighted by Crippen LogP contribution is -2.48. The van der Waals surface area contributed by atoms with Gasteiger partial charge in [0.1, 0.15) is 5.82 Å². The molecule has 5 heteroatoms. The fourth-order valence-corrected chi connectivity index (χ4v) is 2.56. The zero-order chi connectivity index (χ0) is 14.7. The number of carbonyl (C=O) groups is 1. The first-order valence-electron chi connectivity index (χ1n) is 7.19. The van der Waals surface area contributed by atoms with Crippen LogP contribution in [0.4, 0.5) is 5.82 Å².